The van der Waals surface area contributed by atoms with E-state index in [1.54, 1.807) is 0 Å². The van der Waals surface area contributed by atoms with E-state index in [2.05, 4.69) is 30.1 Å². The summed E-state index contributed by atoms with van der Waals surface area (Å²) >= 11 is 0. The first kappa shape index (κ1) is 7.26. The molecule has 1 heteroatoms. The highest BCUT2D eigenvalue weighted by Crippen LogP contribution is 2.06. The third-order valence-electron chi connectivity index (χ3n) is 1.48. The van der Waals surface area contributed by atoms with Crippen LogP contribution in [0.4, 0.5) is 0 Å². The molecule has 0 radical (unpaired) electrons. The molecule has 0 unspecified atom stereocenters. The van der Waals surface area contributed by atoms with Crippen LogP contribution in [0.5, 0.6) is 0 Å². The second-order valence-corrected chi connectivity index (χ2v) is 2.39. The van der Waals surface area contributed by atoms with Gasteiger partial charge in [0, 0.05) is 12.6 Å². The first-order valence-electron chi connectivity index (χ1n) is 3.76. The SMILES string of the molecule is CC/C=C\C=C1\CC=NC1. The summed E-state index contributed by atoms with van der Waals surface area (Å²) in [6.07, 6.45) is 10.6. The largest absolute Gasteiger partial charge is 0.293 e. The van der Waals surface area contributed by atoms with Gasteiger partial charge in [-0.25, -0.2) is 0 Å². The van der Waals surface area contributed by atoms with E-state index in [-0.39, 0.29) is 0 Å². The van der Waals surface area contributed by atoms with Crippen LogP contribution in [0.15, 0.2) is 28.8 Å². The smallest absolute Gasteiger partial charge is 0.0602 e. The first-order valence-corrected chi connectivity index (χ1v) is 3.76. The lowest BCUT2D eigenvalue weighted by Gasteiger charge is -1.87. The minimum absolute atomic E-state index is 0.911. The third kappa shape index (κ3) is 2.18. The molecule has 0 aromatic carbocycles. The molecule has 1 nitrogen and oxygen atoms in total. The summed E-state index contributed by atoms with van der Waals surface area (Å²) in [7, 11) is 0. The third-order valence-corrected chi connectivity index (χ3v) is 1.48. The lowest BCUT2D eigenvalue weighted by atomic mass is 10.2. The van der Waals surface area contributed by atoms with Crippen LogP contribution < -0.4 is 0 Å². The fourth-order valence-corrected chi connectivity index (χ4v) is 0.889. The van der Waals surface area contributed by atoms with E-state index in [1.165, 1.54) is 5.57 Å². The van der Waals surface area contributed by atoms with Crippen molar-refractivity contribution in [3.05, 3.63) is 23.8 Å². The fourth-order valence-electron chi connectivity index (χ4n) is 0.889. The van der Waals surface area contributed by atoms with Crippen LogP contribution in [0, 0.1) is 0 Å². The Kier molecular flexibility index (Phi) is 2.94. The van der Waals surface area contributed by atoms with Crippen LogP contribution in [0.25, 0.3) is 0 Å². The number of nitrogens with zero attached hydrogens (tertiary/aromatic N) is 1. The topological polar surface area (TPSA) is 12.4 Å². The van der Waals surface area contributed by atoms with Crippen LogP contribution in [-0.2, 0) is 0 Å². The minimum Gasteiger partial charge on any atom is -0.293 e. The number of hydrogen-bond acceptors (Lipinski definition) is 1. The molecule has 0 spiro atoms. The number of allylic oxidation sites excluding steroid dienone is 3. The molecule has 54 valence electrons. The van der Waals surface area contributed by atoms with E-state index >= 15 is 0 Å². The minimum atomic E-state index is 0.911. The molecule has 0 bridgehead atoms. The monoisotopic (exact) mass is 135 g/mol. The highest BCUT2D eigenvalue weighted by Gasteiger charge is 1.97. The van der Waals surface area contributed by atoms with Gasteiger partial charge in [-0.2, -0.15) is 0 Å². The van der Waals surface area contributed by atoms with E-state index < -0.39 is 0 Å². The summed E-state index contributed by atoms with van der Waals surface area (Å²) in [6, 6.07) is 0. The average Bonchev–Trinajstić information content (AvgIpc) is 2.41. The van der Waals surface area contributed by atoms with Gasteiger partial charge in [0.15, 0.2) is 0 Å². The molecule has 1 aliphatic rings. The summed E-state index contributed by atoms with van der Waals surface area (Å²) < 4.78 is 0. The molecule has 0 aliphatic carbocycles. The van der Waals surface area contributed by atoms with E-state index in [0.29, 0.717) is 0 Å². The lowest BCUT2D eigenvalue weighted by Crippen LogP contribution is -1.77. The van der Waals surface area contributed by atoms with E-state index in [9.17, 15) is 0 Å². The van der Waals surface area contributed by atoms with Gasteiger partial charge in [0.2, 0.25) is 0 Å². The maximum atomic E-state index is 4.12. The zero-order valence-corrected chi connectivity index (χ0v) is 6.38. The molecule has 1 heterocycles. The van der Waals surface area contributed by atoms with Crippen molar-refractivity contribution in [1.82, 2.24) is 0 Å². The van der Waals surface area contributed by atoms with E-state index in [4.69, 9.17) is 0 Å². The molecular formula is C9H13N. The molecule has 1 aliphatic heterocycles. The van der Waals surface area contributed by atoms with Crippen LogP contribution in [0.1, 0.15) is 19.8 Å². The van der Waals surface area contributed by atoms with Gasteiger partial charge in [0.1, 0.15) is 0 Å². The van der Waals surface area contributed by atoms with Crippen molar-refractivity contribution < 1.29 is 0 Å². The molecule has 0 amide bonds. The number of rotatable bonds is 2. The van der Waals surface area contributed by atoms with Crippen molar-refractivity contribution in [2.45, 2.75) is 19.8 Å². The van der Waals surface area contributed by atoms with E-state index in [0.717, 1.165) is 19.4 Å². The van der Waals surface area contributed by atoms with Crippen LogP contribution in [0.2, 0.25) is 0 Å². The maximum Gasteiger partial charge on any atom is 0.0602 e. The summed E-state index contributed by atoms with van der Waals surface area (Å²) in [4.78, 5) is 4.12. The highest BCUT2D eigenvalue weighted by atomic mass is 14.7. The molecule has 10 heavy (non-hydrogen) atoms. The molecule has 0 fully saturated rings. The quantitative estimate of drug-likeness (QED) is 0.551. The van der Waals surface area contributed by atoms with Gasteiger partial charge in [-0.1, -0.05) is 25.2 Å². The van der Waals surface area contributed by atoms with Crippen molar-refractivity contribution in [2.75, 3.05) is 6.54 Å². The molecule has 0 N–H and O–H groups in total. The molecule has 0 saturated heterocycles. The summed E-state index contributed by atoms with van der Waals surface area (Å²) in [6.45, 7) is 3.05. The van der Waals surface area contributed by atoms with Gasteiger partial charge in [-0.3, -0.25) is 4.99 Å². The zero-order chi connectivity index (χ0) is 7.23. The van der Waals surface area contributed by atoms with Gasteiger partial charge in [-0.15, -0.1) is 0 Å². The van der Waals surface area contributed by atoms with Crippen molar-refractivity contribution in [2.24, 2.45) is 4.99 Å². The van der Waals surface area contributed by atoms with Crippen LogP contribution >= 0.6 is 0 Å². The van der Waals surface area contributed by atoms with Gasteiger partial charge in [-0.05, 0) is 12.0 Å². The Bertz CT molecular complexity index is 165. The molecule has 0 aromatic heterocycles. The molecule has 0 atom stereocenters. The predicted molar refractivity (Wildman–Crippen MR) is 45.5 cm³/mol. The zero-order valence-electron chi connectivity index (χ0n) is 6.38. The normalized spacial score (nSPS) is 21.5. The van der Waals surface area contributed by atoms with Crippen molar-refractivity contribution >= 4 is 6.21 Å². The highest BCUT2D eigenvalue weighted by molar-refractivity contribution is 5.65. The van der Waals surface area contributed by atoms with Gasteiger partial charge in [0.05, 0.1) is 6.54 Å². The second-order valence-electron chi connectivity index (χ2n) is 2.39. The van der Waals surface area contributed by atoms with Gasteiger partial charge < -0.3 is 0 Å². The lowest BCUT2D eigenvalue weighted by molar-refractivity contribution is 1.18. The summed E-state index contributed by atoms with van der Waals surface area (Å²) in [5.41, 5.74) is 1.42. The van der Waals surface area contributed by atoms with Gasteiger partial charge in [0.25, 0.3) is 0 Å². The standard InChI is InChI=1S/C9H13N/c1-2-3-4-5-9-6-7-10-8-9/h3-5,7H,2,6,8H2,1H3/b4-3-,9-5-. The molecular weight excluding hydrogens is 122 g/mol. The van der Waals surface area contributed by atoms with E-state index in [1.807, 2.05) is 6.21 Å². The maximum absolute atomic E-state index is 4.12. The Morgan fingerprint density at radius 2 is 2.60 bits per heavy atom. The fraction of sp³-hybridized carbons (Fsp3) is 0.444. The van der Waals surface area contributed by atoms with Crippen molar-refractivity contribution in [1.29, 1.82) is 0 Å². The number of hydrogen-bond donors (Lipinski definition) is 0. The Labute approximate surface area is 62.2 Å². The predicted octanol–water partition coefficient (Wildman–Crippen LogP) is 2.35. The van der Waals surface area contributed by atoms with Crippen molar-refractivity contribution in [3.63, 3.8) is 0 Å². The Morgan fingerprint density at radius 3 is 3.20 bits per heavy atom. The van der Waals surface area contributed by atoms with Gasteiger partial charge >= 0.3 is 0 Å². The summed E-state index contributed by atoms with van der Waals surface area (Å²) in [5, 5.41) is 0. The Balaban J connectivity index is 2.33. The van der Waals surface area contributed by atoms with Crippen LogP contribution in [0.3, 0.4) is 0 Å². The average molecular weight is 135 g/mol. The molecule has 1 rings (SSSR count). The first-order chi connectivity index (χ1) is 4.93. The molecule has 0 saturated carbocycles. The Hall–Kier alpha value is -0.850. The Morgan fingerprint density at radius 1 is 1.70 bits per heavy atom. The van der Waals surface area contributed by atoms with Crippen LogP contribution in [-0.4, -0.2) is 12.8 Å². The molecule has 0 aromatic rings. The van der Waals surface area contributed by atoms with Crippen molar-refractivity contribution in [3.8, 4) is 0 Å². The summed E-state index contributed by atoms with van der Waals surface area (Å²) in [5.74, 6) is 0. The second kappa shape index (κ2) is 4.04. The number of aliphatic imine (C=N–C) groups is 1.